The number of nitrogens with zero attached hydrogens (tertiary/aromatic N) is 1. The number of benzene rings is 1. The van der Waals surface area contributed by atoms with Gasteiger partial charge in [0.2, 0.25) is 0 Å². The third-order valence-corrected chi connectivity index (χ3v) is 4.49. The highest BCUT2D eigenvalue weighted by atomic mass is 32.2. The lowest BCUT2D eigenvalue weighted by atomic mass is 10.2. The molecule has 0 spiro atoms. The van der Waals surface area contributed by atoms with Crippen molar-refractivity contribution in [1.82, 2.24) is 0 Å². The van der Waals surface area contributed by atoms with Gasteiger partial charge in [0, 0.05) is 6.08 Å². The predicted molar refractivity (Wildman–Crippen MR) is 90.3 cm³/mol. The van der Waals surface area contributed by atoms with E-state index in [9.17, 15) is 4.79 Å². The van der Waals surface area contributed by atoms with Crippen LogP contribution in [0.3, 0.4) is 0 Å². The summed E-state index contributed by atoms with van der Waals surface area (Å²) in [5.74, 6) is 1.38. The van der Waals surface area contributed by atoms with Crippen LogP contribution in [-0.4, -0.2) is 10.2 Å². The van der Waals surface area contributed by atoms with E-state index in [0.29, 0.717) is 15.0 Å². The molecule has 0 N–H and O–H groups in total. The number of hydrogen-bond acceptors (Lipinski definition) is 4. The van der Waals surface area contributed by atoms with Crippen molar-refractivity contribution in [2.75, 3.05) is 4.90 Å². The van der Waals surface area contributed by atoms with E-state index in [1.807, 2.05) is 50.2 Å². The number of amides is 1. The summed E-state index contributed by atoms with van der Waals surface area (Å²) < 4.78 is 6.04. The summed E-state index contributed by atoms with van der Waals surface area (Å²) in [6.07, 6.45) is 1.74. The smallest absolute Gasteiger partial charge is 0.270 e. The Balaban J connectivity index is 1.96. The first-order chi connectivity index (χ1) is 10.1. The SMILES string of the molecule is Cc1ccc(C=C2SC(=S)N(c3ccccc3C)C2=O)o1. The number of para-hydroxylation sites is 1. The highest BCUT2D eigenvalue weighted by Gasteiger charge is 2.34. The van der Waals surface area contributed by atoms with Gasteiger partial charge in [-0.2, -0.15) is 0 Å². The molecule has 2 heterocycles. The molecule has 1 aliphatic heterocycles. The number of carbonyl (C=O) groups is 1. The molecular formula is C16H13NO2S2. The molecule has 0 unspecified atom stereocenters. The van der Waals surface area contributed by atoms with E-state index in [4.69, 9.17) is 16.6 Å². The number of carbonyl (C=O) groups excluding carboxylic acids is 1. The lowest BCUT2D eigenvalue weighted by molar-refractivity contribution is -0.113. The topological polar surface area (TPSA) is 33.5 Å². The zero-order valence-electron chi connectivity index (χ0n) is 11.6. The zero-order valence-corrected chi connectivity index (χ0v) is 13.3. The van der Waals surface area contributed by atoms with Gasteiger partial charge in [0.15, 0.2) is 4.32 Å². The normalized spacial score (nSPS) is 17.0. The van der Waals surface area contributed by atoms with Crippen molar-refractivity contribution in [3.8, 4) is 0 Å². The van der Waals surface area contributed by atoms with Crippen LogP contribution in [0.15, 0.2) is 45.7 Å². The van der Waals surface area contributed by atoms with Crippen LogP contribution in [-0.2, 0) is 4.79 Å². The molecule has 0 aliphatic carbocycles. The number of furan rings is 1. The predicted octanol–water partition coefficient (Wildman–Crippen LogP) is 4.30. The minimum atomic E-state index is -0.103. The van der Waals surface area contributed by atoms with E-state index < -0.39 is 0 Å². The van der Waals surface area contributed by atoms with Gasteiger partial charge in [0.1, 0.15) is 11.5 Å². The first kappa shape index (κ1) is 14.1. The van der Waals surface area contributed by atoms with Crippen molar-refractivity contribution >= 4 is 46.0 Å². The highest BCUT2D eigenvalue weighted by Crippen LogP contribution is 2.37. The molecule has 0 radical (unpaired) electrons. The van der Waals surface area contributed by atoms with Crippen molar-refractivity contribution in [2.45, 2.75) is 13.8 Å². The molecular weight excluding hydrogens is 302 g/mol. The summed E-state index contributed by atoms with van der Waals surface area (Å²) in [6, 6.07) is 11.4. The maximum Gasteiger partial charge on any atom is 0.270 e. The van der Waals surface area contributed by atoms with Gasteiger partial charge in [-0.25, -0.2) is 0 Å². The number of aryl methyl sites for hydroxylation is 2. The fraction of sp³-hybridized carbons (Fsp3) is 0.125. The molecule has 0 atom stereocenters. The minimum absolute atomic E-state index is 0.103. The average Bonchev–Trinajstić information content (AvgIpc) is 2.96. The second-order valence-electron chi connectivity index (χ2n) is 4.75. The van der Waals surface area contributed by atoms with Crippen LogP contribution in [0.1, 0.15) is 17.1 Å². The molecule has 1 aromatic carbocycles. The van der Waals surface area contributed by atoms with Crippen LogP contribution in [0.25, 0.3) is 6.08 Å². The second-order valence-corrected chi connectivity index (χ2v) is 6.43. The van der Waals surface area contributed by atoms with Crippen molar-refractivity contribution in [1.29, 1.82) is 0 Å². The molecule has 0 bridgehead atoms. The van der Waals surface area contributed by atoms with Crippen molar-refractivity contribution in [3.63, 3.8) is 0 Å². The Labute approximate surface area is 132 Å². The Bertz CT molecular complexity index is 761. The van der Waals surface area contributed by atoms with E-state index in [2.05, 4.69) is 0 Å². The molecule has 3 nitrogen and oxygen atoms in total. The van der Waals surface area contributed by atoms with E-state index in [-0.39, 0.29) is 5.91 Å². The van der Waals surface area contributed by atoms with Crippen LogP contribution in [0.2, 0.25) is 0 Å². The van der Waals surface area contributed by atoms with Crippen LogP contribution >= 0.6 is 24.0 Å². The Morgan fingerprint density at radius 1 is 1.19 bits per heavy atom. The number of rotatable bonds is 2. The first-order valence-corrected chi connectivity index (χ1v) is 7.69. The largest absolute Gasteiger partial charge is 0.462 e. The number of thioether (sulfide) groups is 1. The second kappa shape index (κ2) is 5.50. The highest BCUT2D eigenvalue weighted by molar-refractivity contribution is 8.27. The van der Waals surface area contributed by atoms with Crippen molar-refractivity contribution in [2.24, 2.45) is 0 Å². The molecule has 0 saturated carbocycles. The number of hydrogen-bond donors (Lipinski definition) is 0. The third-order valence-electron chi connectivity index (χ3n) is 3.18. The van der Waals surface area contributed by atoms with Gasteiger partial charge < -0.3 is 4.42 Å². The third kappa shape index (κ3) is 2.66. The van der Waals surface area contributed by atoms with E-state index in [0.717, 1.165) is 17.0 Å². The van der Waals surface area contributed by atoms with Gasteiger partial charge in [-0.3, -0.25) is 9.69 Å². The van der Waals surface area contributed by atoms with E-state index in [1.54, 1.807) is 11.0 Å². The minimum Gasteiger partial charge on any atom is -0.462 e. The van der Waals surface area contributed by atoms with E-state index in [1.165, 1.54) is 11.8 Å². The Hall–Kier alpha value is -1.85. The molecule has 1 aromatic heterocycles. The van der Waals surface area contributed by atoms with Gasteiger partial charge in [0.05, 0.1) is 10.6 Å². The summed E-state index contributed by atoms with van der Waals surface area (Å²) in [7, 11) is 0. The fourth-order valence-electron chi connectivity index (χ4n) is 2.15. The molecule has 2 aromatic rings. The molecule has 1 aliphatic rings. The first-order valence-electron chi connectivity index (χ1n) is 6.46. The van der Waals surface area contributed by atoms with Crippen molar-refractivity contribution < 1.29 is 9.21 Å². The molecule has 1 fully saturated rings. The van der Waals surface area contributed by atoms with Gasteiger partial charge in [-0.15, -0.1) is 0 Å². The zero-order chi connectivity index (χ0) is 15.0. The van der Waals surface area contributed by atoms with Gasteiger partial charge >= 0.3 is 0 Å². The molecule has 1 saturated heterocycles. The average molecular weight is 315 g/mol. The van der Waals surface area contributed by atoms with Crippen molar-refractivity contribution in [3.05, 3.63) is 58.4 Å². The monoisotopic (exact) mass is 315 g/mol. The number of thiocarbonyl (C=S) groups is 1. The van der Waals surface area contributed by atoms with Crippen LogP contribution < -0.4 is 4.90 Å². The van der Waals surface area contributed by atoms with Gasteiger partial charge in [-0.05, 0) is 37.6 Å². The molecule has 21 heavy (non-hydrogen) atoms. The van der Waals surface area contributed by atoms with Gasteiger partial charge in [-0.1, -0.05) is 42.2 Å². The summed E-state index contributed by atoms with van der Waals surface area (Å²) in [4.78, 5) is 14.7. The standard InChI is InChI=1S/C16H13NO2S2/c1-10-5-3-4-6-13(10)17-15(18)14(21-16(17)20)9-12-8-7-11(2)19-12/h3-9H,1-2H3. The fourth-order valence-corrected chi connectivity index (χ4v) is 3.41. The Kier molecular flexibility index (Phi) is 3.69. The Morgan fingerprint density at radius 2 is 1.95 bits per heavy atom. The van der Waals surface area contributed by atoms with Crippen LogP contribution in [0.4, 0.5) is 5.69 Å². The summed E-state index contributed by atoms with van der Waals surface area (Å²) >= 11 is 6.65. The summed E-state index contributed by atoms with van der Waals surface area (Å²) in [5.41, 5.74) is 1.85. The summed E-state index contributed by atoms with van der Waals surface area (Å²) in [5, 5.41) is 0. The molecule has 106 valence electrons. The van der Waals surface area contributed by atoms with Crippen LogP contribution in [0.5, 0.6) is 0 Å². The van der Waals surface area contributed by atoms with E-state index >= 15 is 0 Å². The maximum atomic E-state index is 12.6. The molecule has 5 heteroatoms. The van der Waals surface area contributed by atoms with Crippen LogP contribution in [0, 0.1) is 13.8 Å². The molecule has 1 amide bonds. The quantitative estimate of drug-likeness (QED) is 0.611. The lowest BCUT2D eigenvalue weighted by Crippen LogP contribution is -2.28. The molecule has 3 rings (SSSR count). The summed E-state index contributed by atoms with van der Waals surface area (Å²) in [6.45, 7) is 3.84. The number of anilines is 1. The van der Waals surface area contributed by atoms with Gasteiger partial charge in [0.25, 0.3) is 5.91 Å². The lowest BCUT2D eigenvalue weighted by Gasteiger charge is -2.16. The Morgan fingerprint density at radius 3 is 2.62 bits per heavy atom. The maximum absolute atomic E-state index is 12.6.